The maximum atomic E-state index is 13.3. The highest BCUT2D eigenvalue weighted by Crippen LogP contribution is 2.18. The molecule has 1 heterocycles. The molecule has 0 N–H and O–H groups in total. The summed E-state index contributed by atoms with van der Waals surface area (Å²) >= 11 is 3.17. The Kier molecular flexibility index (Phi) is 3.95. The summed E-state index contributed by atoms with van der Waals surface area (Å²) in [4.78, 5) is 17.9. The van der Waals surface area contributed by atoms with Gasteiger partial charge in [-0.05, 0) is 37.3 Å². The lowest BCUT2D eigenvalue weighted by Crippen LogP contribution is -2.27. The van der Waals surface area contributed by atoms with Crippen molar-refractivity contribution in [3.63, 3.8) is 0 Å². The molecule has 0 radical (unpaired) electrons. The third kappa shape index (κ3) is 3.17. The van der Waals surface area contributed by atoms with Gasteiger partial charge in [0.05, 0.1) is 0 Å². The molecule has 0 spiro atoms. The smallest absolute Gasteiger partial charge is 0.259 e. The van der Waals surface area contributed by atoms with Gasteiger partial charge in [-0.3, -0.25) is 9.69 Å². The van der Waals surface area contributed by atoms with Gasteiger partial charge in [0.2, 0.25) is 0 Å². The topological polar surface area (TPSA) is 33.2 Å². The largest absolute Gasteiger partial charge is 0.296 e. The van der Waals surface area contributed by atoms with Gasteiger partial charge < -0.3 is 0 Å². The number of nitrogens with zero attached hydrogens (tertiary/aromatic N) is 2. The Bertz CT molecular complexity index is 610. The Morgan fingerprint density at radius 3 is 2.68 bits per heavy atom. The van der Waals surface area contributed by atoms with E-state index in [2.05, 4.69) is 20.9 Å². The van der Waals surface area contributed by atoms with Gasteiger partial charge in [-0.15, -0.1) is 0 Å². The first-order valence-corrected chi connectivity index (χ1v) is 6.44. The molecule has 0 aliphatic carbocycles. The Hall–Kier alpha value is -1.75. The van der Waals surface area contributed by atoms with Crippen molar-refractivity contribution < 1.29 is 9.18 Å². The number of hydrogen-bond acceptors (Lipinski definition) is 2. The molecule has 0 atom stereocenters. The Morgan fingerprint density at radius 1 is 1.32 bits per heavy atom. The van der Waals surface area contributed by atoms with E-state index >= 15 is 0 Å². The number of halogens is 2. The van der Waals surface area contributed by atoms with Crippen molar-refractivity contribution in [2.24, 2.45) is 0 Å². The summed E-state index contributed by atoms with van der Waals surface area (Å²) in [6.07, 6.45) is 0. The minimum absolute atomic E-state index is 0.276. The molecule has 0 aliphatic rings. The summed E-state index contributed by atoms with van der Waals surface area (Å²) in [5.41, 5.74) is 1.09. The first-order chi connectivity index (χ1) is 8.97. The summed E-state index contributed by atoms with van der Waals surface area (Å²) in [6.45, 7) is 1.85. The second-order valence-electron chi connectivity index (χ2n) is 4.16. The molecule has 1 amide bonds. The molecule has 1 aromatic carbocycles. The molecular formula is C14H12BrFN2O. The van der Waals surface area contributed by atoms with Crippen molar-refractivity contribution in [1.82, 2.24) is 4.98 Å². The molecule has 0 saturated heterocycles. The van der Waals surface area contributed by atoms with E-state index in [0.717, 1.165) is 5.69 Å². The predicted octanol–water partition coefficient (Wildman–Crippen LogP) is 3.57. The minimum Gasteiger partial charge on any atom is -0.296 e. The SMILES string of the molecule is Cc1cccc(N(C)C(=O)c2cc(F)cc(Br)c2)n1. The van der Waals surface area contributed by atoms with Gasteiger partial charge >= 0.3 is 0 Å². The summed E-state index contributed by atoms with van der Waals surface area (Å²) in [6, 6.07) is 9.50. The van der Waals surface area contributed by atoms with Crippen LogP contribution in [0.15, 0.2) is 40.9 Å². The molecule has 3 nitrogen and oxygen atoms in total. The van der Waals surface area contributed by atoms with Crippen molar-refractivity contribution in [3.8, 4) is 0 Å². The van der Waals surface area contributed by atoms with Gasteiger partial charge in [0.25, 0.3) is 5.91 Å². The fraction of sp³-hybridized carbons (Fsp3) is 0.143. The van der Waals surface area contributed by atoms with Crippen LogP contribution in [0.1, 0.15) is 16.1 Å². The Morgan fingerprint density at radius 2 is 2.05 bits per heavy atom. The van der Waals surface area contributed by atoms with E-state index in [1.54, 1.807) is 19.2 Å². The monoisotopic (exact) mass is 322 g/mol. The minimum atomic E-state index is -0.455. The maximum absolute atomic E-state index is 13.3. The molecule has 0 bridgehead atoms. The van der Waals surface area contributed by atoms with Crippen molar-refractivity contribution in [1.29, 1.82) is 0 Å². The number of benzene rings is 1. The zero-order chi connectivity index (χ0) is 14.0. The lowest BCUT2D eigenvalue weighted by molar-refractivity contribution is 0.0992. The number of aryl methyl sites for hydroxylation is 1. The molecule has 19 heavy (non-hydrogen) atoms. The maximum Gasteiger partial charge on any atom is 0.259 e. The van der Waals surface area contributed by atoms with Crippen LogP contribution in [0.25, 0.3) is 0 Å². The van der Waals surface area contributed by atoms with Crippen LogP contribution >= 0.6 is 15.9 Å². The standard InChI is InChI=1S/C14H12BrFN2O/c1-9-4-3-5-13(17-9)18(2)14(19)10-6-11(15)8-12(16)7-10/h3-8H,1-2H3. The van der Waals surface area contributed by atoms with E-state index in [1.807, 2.05) is 19.1 Å². The van der Waals surface area contributed by atoms with Gasteiger partial charge in [0, 0.05) is 22.8 Å². The van der Waals surface area contributed by atoms with Crippen molar-refractivity contribution >= 4 is 27.7 Å². The number of carbonyl (C=O) groups excluding carboxylic acids is 1. The third-order valence-electron chi connectivity index (χ3n) is 2.63. The summed E-state index contributed by atoms with van der Waals surface area (Å²) in [7, 11) is 1.61. The van der Waals surface area contributed by atoms with Crippen molar-refractivity contribution in [2.75, 3.05) is 11.9 Å². The van der Waals surface area contributed by atoms with Crippen molar-refractivity contribution in [3.05, 3.63) is 57.9 Å². The molecule has 0 fully saturated rings. The van der Waals surface area contributed by atoms with Crippen LogP contribution in [-0.2, 0) is 0 Å². The number of amides is 1. The van der Waals surface area contributed by atoms with E-state index in [0.29, 0.717) is 10.3 Å². The fourth-order valence-electron chi connectivity index (χ4n) is 1.69. The first-order valence-electron chi connectivity index (χ1n) is 5.65. The van der Waals surface area contributed by atoms with E-state index in [4.69, 9.17) is 0 Å². The number of pyridine rings is 1. The number of anilines is 1. The Balaban J connectivity index is 2.33. The number of aromatic nitrogens is 1. The Labute approximate surface area is 119 Å². The van der Waals surface area contributed by atoms with E-state index < -0.39 is 5.82 Å². The predicted molar refractivity (Wildman–Crippen MR) is 75.8 cm³/mol. The van der Waals surface area contributed by atoms with Gasteiger partial charge in [0.1, 0.15) is 11.6 Å². The molecule has 98 valence electrons. The van der Waals surface area contributed by atoms with Gasteiger partial charge in [0.15, 0.2) is 0 Å². The molecular weight excluding hydrogens is 311 g/mol. The molecule has 0 aliphatic heterocycles. The van der Waals surface area contributed by atoms with E-state index in [-0.39, 0.29) is 11.5 Å². The van der Waals surface area contributed by atoms with Gasteiger partial charge in [-0.2, -0.15) is 0 Å². The number of carbonyl (C=O) groups is 1. The van der Waals surface area contributed by atoms with Crippen LogP contribution in [0.3, 0.4) is 0 Å². The quantitative estimate of drug-likeness (QED) is 0.846. The summed E-state index contributed by atoms with van der Waals surface area (Å²) in [5.74, 6) is -0.230. The number of rotatable bonds is 2. The average molecular weight is 323 g/mol. The highest BCUT2D eigenvalue weighted by Gasteiger charge is 2.15. The second kappa shape index (κ2) is 5.48. The fourth-order valence-corrected chi connectivity index (χ4v) is 2.16. The molecule has 0 saturated carbocycles. The molecule has 0 unspecified atom stereocenters. The molecule has 1 aromatic heterocycles. The van der Waals surface area contributed by atoms with E-state index in [9.17, 15) is 9.18 Å². The third-order valence-corrected chi connectivity index (χ3v) is 3.09. The van der Waals surface area contributed by atoms with Crippen LogP contribution in [0.4, 0.5) is 10.2 Å². The van der Waals surface area contributed by atoms with Gasteiger partial charge in [-0.1, -0.05) is 22.0 Å². The summed E-state index contributed by atoms with van der Waals surface area (Å²) < 4.78 is 13.8. The second-order valence-corrected chi connectivity index (χ2v) is 5.08. The lowest BCUT2D eigenvalue weighted by Gasteiger charge is -2.16. The van der Waals surface area contributed by atoms with Crippen LogP contribution in [-0.4, -0.2) is 17.9 Å². The van der Waals surface area contributed by atoms with Gasteiger partial charge in [-0.25, -0.2) is 9.37 Å². The van der Waals surface area contributed by atoms with E-state index in [1.165, 1.54) is 17.0 Å². The average Bonchev–Trinajstić information content (AvgIpc) is 2.36. The lowest BCUT2D eigenvalue weighted by atomic mass is 10.2. The van der Waals surface area contributed by atoms with Crippen LogP contribution in [0.2, 0.25) is 0 Å². The highest BCUT2D eigenvalue weighted by atomic mass is 79.9. The zero-order valence-electron chi connectivity index (χ0n) is 10.5. The van der Waals surface area contributed by atoms with Crippen LogP contribution in [0.5, 0.6) is 0 Å². The molecule has 2 aromatic rings. The number of hydrogen-bond donors (Lipinski definition) is 0. The highest BCUT2D eigenvalue weighted by molar-refractivity contribution is 9.10. The molecule has 2 rings (SSSR count). The zero-order valence-corrected chi connectivity index (χ0v) is 12.1. The normalized spacial score (nSPS) is 10.3. The van der Waals surface area contributed by atoms with Crippen LogP contribution < -0.4 is 4.90 Å². The first kappa shape index (κ1) is 13.7. The van der Waals surface area contributed by atoms with Crippen LogP contribution in [0, 0.1) is 12.7 Å². The summed E-state index contributed by atoms with van der Waals surface area (Å²) in [5, 5.41) is 0. The molecule has 5 heteroatoms. The van der Waals surface area contributed by atoms with Crippen molar-refractivity contribution in [2.45, 2.75) is 6.92 Å².